The first-order valence-electron chi connectivity index (χ1n) is 8.43. The van der Waals surface area contributed by atoms with Gasteiger partial charge in [-0.2, -0.15) is 0 Å². The van der Waals surface area contributed by atoms with Crippen molar-refractivity contribution >= 4 is 45.4 Å². The lowest BCUT2D eigenvalue weighted by atomic mass is 10.1. The second kappa shape index (κ2) is 8.22. The number of hydrogen-bond acceptors (Lipinski definition) is 4. The van der Waals surface area contributed by atoms with E-state index in [0.29, 0.717) is 21.3 Å². The summed E-state index contributed by atoms with van der Waals surface area (Å²) in [5.41, 5.74) is 7.11. The third kappa shape index (κ3) is 4.37. The quantitative estimate of drug-likeness (QED) is 0.591. The number of anilines is 1. The van der Waals surface area contributed by atoms with Crippen LogP contribution < -0.4 is 16.4 Å². The van der Waals surface area contributed by atoms with Crippen LogP contribution in [0.25, 0.3) is 0 Å². The van der Waals surface area contributed by atoms with Gasteiger partial charge in [0.05, 0.1) is 11.1 Å². The minimum Gasteiger partial charge on any atom is -0.352 e. The summed E-state index contributed by atoms with van der Waals surface area (Å²) in [6.07, 6.45) is 0.00789. The number of imide groups is 1. The number of nitrogens with two attached hydrogens (primary N) is 1. The SMILES string of the molecule is NC(=O)Nc1ccc(CNC(=O)CCN2C(=O)c3ccc(Br)cc3C2=O)cc1. The number of benzene rings is 2. The van der Waals surface area contributed by atoms with Gasteiger partial charge in [0.25, 0.3) is 11.8 Å². The van der Waals surface area contributed by atoms with E-state index in [9.17, 15) is 19.2 Å². The minimum atomic E-state index is -0.651. The number of rotatable bonds is 6. The van der Waals surface area contributed by atoms with Gasteiger partial charge in [-0.25, -0.2) is 4.79 Å². The molecule has 0 aliphatic carbocycles. The second-order valence-corrected chi connectivity index (χ2v) is 7.08. The molecule has 144 valence electrons. The maximum absolute atomic E-state index is 12.4. The molecule has 2 aromatic carbocycles. The molecule has 1 heterocycles. The van der Waals surface area contributed by atoms with Gasteiger partial charge in [-0.05, 0) is 35.9 Å². The summed E-state index contributed by atoms with van der Waals surface area (Å²) in [5.74, 6) is -1.07. The molecule has 3 rings (SSSR count). The average Bonchev–Trinajstić information content (AvgIpc) is 2.89. The van der Waals surface area contributed by atoms with Gasteiger partial charge < -0.3 is 16.4 Å². The Bertz CT molecular complexity index is 959. The van der Waals surface area contributed by atoms with Crippen LogP contribution in [0.2, 0.25) is 0 Å². The summed E-state index contributed by atoms with van der Waals surface area (Å²) in [4.78, 5) is 48.7. The zero-order valence-electron chi connectivity index (χ0n) is 14.7. The average molecular weight is 445 g/mol. The Morgan fingerprint density at radius 3 is 2.36 bits per heavy atom. The van der Waals surface area contributed by atoms with Crippen LogP contribution in [0.1, 0.15) is 32.7 Å². The smallest absolute Gasteiger partial charge is 0.316 e. The van der Waals surface area contributed by atoms with Gasteiger partial charge in [0, 0.05) is 29.7 Å². The second-order valence-electron chi connectivity index (χ2n) is 6.16. The van der Waals surface area contributed by atoms with Gasteiger partial charge in [0.15, 0.2) is 0 Å². The van der Waals surface area contributed by atoms with E-state index in [0.717, 1.165) is 10.5 Å². The molecular weight excluding hydrogens is 428 g/mol. The maximum Gasteiger partial charge on any atom is 0.316 e. The van der Waals surface area contributed by atoms with Crippen molar-refractivity contribution in [3.8, 4) is 0 Å². The summed E-state index contributed by atoms with van der Waals surface area (Å²) in [5, 5.41) is 5.18. The molecule has 2 aromatic rings. The van der Waals surface area contributed by atoms with Crippen LogP contribution in [-0.2, 0) is 11.3 Å². The molecule has 8 nitrogen and oxygen atoms in total. The van der Waals surface area contributed by atoms with Gasteiger partial charge in [-0.1, -0.05) is 28.1 Å². The monoisotopic (exact) mass is 444 g/mol. The fraction of sp³-hybridized carbons (Fsp3) is 0.158. The Balaban J connectivity index is 1.50. The van der Waals surface area contributed by atoms with Gasteiger partial charge in [-0.3, -0.25) is 19.3 Å². The number of hydrogen-bond donors (Lipinski definition) is 3. The molecule has 0 radical (unpaired) electrons. The van der Waals surface area contributed by atoms with Gasteiger partial charge >= 0.3 is 6.03 Å². The fourth-order valence-electron chi connectivity index (χ4n) is 2.82. The number of urea groups is 1. The van der Waals surface area contributed by atoms with Crippen molar-refractivity contribution < 1.29 is 19.2 Å². The van der Waals surface area contributed by atoms with E-state index in [1.807, 2.05) is 0 Å². The lowest BCUT2D eigenvalue weighted by molar-refractivity contribution is -0.121. The third-order valence-electron chi connectivity index (χ3n) is 4.21. The Hall–Kier alpha value is -3.20. The van der Waals surface area contributed by atoms with Gasteiger partial charge in [-0.15, -0.1) is 0 Å². The number of fused-ring (bicyclic) bond motifs is 1. The minimum absolute atomic E-state index is 0.00789. The van der Waals surface area contributed by atoms with Crippen LogP contribution in [0.4, 0.5) is 10.5 Å². The number of primary amides is 1. The molecule has 9 heteroatoms. The first kappa shape index (κ1) is 19.6. The van der Waals surface area contributed by atoms with Crippen molar-refractivity contribution in [2.75, 3.05) is 11.9 Å². The maximum atomic E-state index is 12.4. The highest BCUT2D eigenvalue weighted by Gasteiger charge is 2.35. The van der Waals surface area contributed by atoms with Gasteiger partial charge in [0.2, 0.25) is 5.91 Å². The van der Waals surface area contributed by atoms with E-state index in [2.05, 4.69) is 26.6 Å². The molecule has 28 heavy (non-hydrogen) atoms. The normalized spacial score (nSPS) is 12.7. The Kier molecular flexibility index (Phi) is 5.74. The Morgan fingerprint density at radius 2 is 1.68 bits per heavy atom. The van der Waals surface area contributed by atoms with E-state index in [1.165, 1.54) is 0 Å². The molecule has 5 amide bonds. The van der Waals surface area contributed by atoms with Crippen molar-refractivity contribution in [1.29, 1.82) is 0 Å². The number of carbonyl (C=O) groups is 4. The van der Waals surface area contributed by atoms with E-state index in [-0.39, 0.29) is 25.4 Å². The van der Waals surface area contributed by atoms with Gasteiger partial charge in [0.1, 0.15) is 0 Å². The largest absolute Gasteiger partial charge is 0.352 e. The standard InChI is InChI=1S/C19H17BrN4O4/c20-12-3-6-14-15(9-12)18(27)24(17(14)26)8-7-16(25)22-10-11-1-4-13(5-2-11)23-19(21)28/h1-6,9H,7-8,10H2,(H,22,25)(H3,21,23,28). The van der Waals surface area contributed by atoms with E-state index in [4.69, 9.17) is 5.73 Å². The molecular formula is C19H17BrN4O4. The van der Waals surface area contributed by atoms with Crippen LogP contribution in [0.5, 0.6) is 0 Å². The van der Waals surface area contributed by atoms with E-state index < -0.39 is 17.8 Å². The number of halogens is 1. The number of nitrogens with zero attached hydrogens (tertiary/aromatic N) is 1. The van der Waals surface area contributed by atoms with Crippen LogP contribution >= 0.6 is 15.9 Å². The summed E-state index contributed by atoms with van der Waals surface area (Å²) >= 11 is 3.28. The lowest BCUT2D eigenvalue weighted by Crippen LogP contribution is -2.34. The molecule has 0 unspecified atom stereocenters. The van der Waals surface area contributed by atoms with Crippen molar-refractivity contribution in [3.05, 3.63) is 63.6 Å². The molecule has 0 atom stereocenters. The summed E-state index contributed by atoms with van der Waals surface area (Å²) < 4.78 is 0.712. The first-order chi connectivity index (χ1) is 13.3. The molecule has 4 N–H and O–H groups in total. The summed E-state index contributed by atoms with van der Waals surface area (Å²) in [7, 11) is 0. The fourth-order valence-corrected chi connectivity index (χ4v) is 3.18. The third-order valence-corrected chi connectivity index (χ3v) is 4.70. The molecule has 0 bridgehead atoms. The molecule has 0 saturated heterocycles. The number of nitrogens with one attached hydrogen (secondary N) is 2. The predicted octanol–water partition coefficient (Wildman–Crippen LogP) is 2.24. The van der Waals surface area contributed by atoms with Crippen LogP contribution in [0.3, 0.4) is 0 Å². The molecule has 0 spiro atoms. The van der Waals surface area contributed by atoms with Crippen molar-refractivity contribution in [2.45, 2.75) is 13.0 Å². The first-order valence-corrected chi connectivity index (χ1v) is 9.22. The highest BCUT2D eigenvalue weighted by atomic mass is 79.9. The molecule has 1 aliphatic rings. The van der Waals surface area contributed by atoms with E-state index in [1.54, 1.807) is 42.5 Å². The van der Waals surface area contributed by atoms with E-state index >= 15 is 0 Å². The highest BCUT2D eigenvalue weighted by molar-refractivity contribution is 9.10. The molecule has 0 saturated carbocycles. The topological polar surface area (TPSA) is 122 Å². The molecule has 0 fully saturated rings. The van der Waals surface area contributed by atoms with Crippen molar-refractivity contribution in [1.82, 2.24) is 10.2 Å². The zero-order valence-corrected chi connectivity index (χ0v) is 16.3. The van der Waals surface area contributed by atoms with Crippen molar-refractivity contribution in [2.24, 2.45) is 5.73 Å². The highest BCUT2D eigenvalue weighted by Crippen LogP contribution is 2.26. The van der Waals surface area contributed by atoms with Crippen LogP contribution in [0, 0.1) is 0 Å². The van der Waals surface area contributed by atoms with Crippen molar-refractivity contribution in [3.63, 3.8) is 0 Å². The predicted molar refractivity (Wildman–Crippen MR) is 106 cm³/mol. The van der Waals surface area contributed by atoms with Crippen LogP contribution in [0.15, 0.2) is 46.9 Å². The Morgan fingerprint density at radius 1 is 1.00 bits per heavy atom. The lowest BCUT2D eigenvalue weighted by Gasteiger charge is -2.13. The summed E-state index contributed by atoms with van der Waals surface area (Å²) in [6, 6.07) is 11.1. The zero-order chi connectivity index (χ0) is 20.3. The molecule has 0 aromatic heterocycles. The number of amides is 5. The molecule has 1 aliphatic heterocycles. The summed E-state index contributed by atoms with van der Waals surface area (Å²) in [6.45, 7) is 0.294. The number of carbonyl (C=O) groups excluding carboxylic acids is 4. The Labute approximate surface area is 169 Å². The van der Waals surface area contributed by atoms with Crippen LogP contribution in [-0.4, -0.2) is 35.2 Å².